The van der Waals surface area contributed by atoms with E-state index in [1.54, 1.807) is 4.90 Å². The lowest BCUT2D eigenvalue weighted by Gasteiger charge is -2.13. The number of rotatable bonds is 1. The van der Waals surface area contributed by atoms with Crippen LogP contribution in [0.4, 0.5) is 0 Å². The Kier molecular flexibility index (Phi) is 2.20. The van der Waals surface area contributed by atoms with Crippen LogP contribution in [0.3, 0.4) is 0 Å². The summed E-state index contributed by atoms with van der Waals surface area (Å²) in [5, 5.41) is 0. The first kappa shape index (κ1) is 6.43. The van der Waals surface area contributed by atoms with Crippen molar-refractivity contribution in [1.82, 2.24) is 0 Å². The molecule has 1 atom stereocenters. The molecule has 1 saturated heterocycles. The molecule has 1 nitrogen and oxygen atoms in total. The summed E-state index contributed by atoms with van der Waals surface area (Å²) in [6.07, 6.45) is 1.42. The average Bonchev–Trinajstić information content (AvgIpc) is 2.12. The quantitative estimate of drug-likeness (QED) is 0.510. The third-order valence-corrected chi connectivity index (χ3v) is 2.91. The molecule has 0 aromatic carbocycles. The molecule has 2 heteroatoms. The van der Waals surface area contributed by atoms with E-state index in [2.05, 4.69) is 25.9 Å². The van der Waals surface area contributed by atoms with E-state index in [9.17, 15) is 0 Å². The van der Waals surface area contributed by atoms with Crippen molar-refractivity contribution >= 4 is 11.8 Å². The zero-order valence-corrected chi connectivity index (χ0v) is 6.42. The van der Waals surface area contributed by atoms with E-state index in [0.717, 1.165) is 6.04 Å². The minimum Gasteiger partial charge on any atom is -0.337 e. The molecule has 0 saturated carbocycles. The average molecular weight is 132 g/mol. The van der Waals surface area contributed by atoms with Crippen LogP contribution in [0.5, 0.6) is 0 Å². The molecule has 1 rings (SSSR count). The van der Waals surface area contributed by atoms with Crippen molar-refractivity contribution < 1.29 is 4.90 Å². The van der Waals surface area contributed by atoms with Gasteiger partial charge in [0.15, 0.2) is 0 Å². The lowest BCUT2D eigenvalue weighted by Crippen LogP contribution is -3.10. The van der Waals surface area contributed by atoms with Crippen molar-refractivity contribution in [2.24, 2.45) is 0 Å². The van der Waals surface area contributed by atoms with Crippen LogP contribution >= 0.6 is 11.8 Å². The largest absolute Gasteiger partial charge is 0.337 e. The normalized spacial score (nSPS) is 29.6. The molecule has 0 bridgehead atoms. The van der Waals surface area contributed by atoms with Gasteiger partial charge in [-0.15, -0.1) is 0 Å². The van der Waals surface area contributed by atoms with Gasteiger partial charge in [0, 0.05) is 12.2 Å². The monoisotopic (exact) mass is 132 g/mol. The number of quaternary nitrogens is 1. The van der Waals surface area contributed by atoms with Gasteiger partial charge in [0.05, 0.1) is 20.1 Å². The van der Waals surface area contributed by atoms with Crippen molar-refractivity contribution in [1.29, 1.82) is 0 Å². The molecule has 1 aliphatic rings. The maximum Gasteiger partial charge on any atom is 0.0970 e. The summed E-state index contributed by atoms with van der Waals surface area (Å²) < 4.78 is 0. The molecule has 1 N–H and O–H groups in total. The number of hydrogen-bond donors (Lipinski definition) is 1. The highest BCUT2D eigenvalue weighted by Crippen LogP contribution is 2.14. The van der Waals surface area contributed by atoms with Crippen molar-refractivity contribution in [3.05, 3.63) is 0 Å². The highest BCUT2D eigenvalue weighted by molar-refractivity contribution is 7.99. The lowest BCUT2D eigenvalue weighted by molar-refractivity contribution is -0.882. The first-order valence-electron chi connectivity index (χ1n) is 3.18. The van der Waals surface area contributed by atoms with Gasteiger partial charge in [-0.05, 0) is 5.75 Å². The van der Waals surface area contributed by atoms with Crippen LogP contribution in [-0.4, -0.2) is 31.6 Å². The Morgan fingerprint density at radius 2 is 2.25 bits per heavy atom. The smallest absolute Gasteiger partial charge is 0.0970 e. The Balaban J connectivity index is 2.24. The van der Waals surface area contributed by atoms with Gasteiger partial charge in [-0.2, -0.15) is 11.8 Å². The predicted molar refractivity (Wildman–Crippen MR) is 38.5 cm³/mol. The van der Waals surface area contributed by atoms with Crippen LogP contribution in [0, 0.1) is 0 Å². The van der Waals surface area contributed by atoms with Crippen LogP contribution in [0.1, 0.15) is 6.42 Å². The molecule has 1 fully saturated rings. The Bertz CT molecular complexity index is 66.9. The Morgan fingerprint density at radius 1 is 1.50 bits per heavy atom. The molecular formula is C6H14NS+. The van der Waals surface area contributed by atoms with Crippen molar-refractivity contribution in [2.45, 2.75) is 12.5 Å². The van der Waals surface area contributed by atoms with Crippen LogP contribution in [0.15, 0.2) is 0 Å². The van der Waals surface area contributed by atoms with Gasteiger partial charge in [0.25, 0.3) is 0 Å². The molecule has 1 aliphatic heterocycles. The Morgan fingerprint density at radius 3 is 2.50 bits per heavy atom. The molecule has 0 radical (unpaired) electrons. The van der Waals surface area contributed by atoms with Gasteiger partial charge in [0.2, 0.25) is 0 Å². The summed E-state index contributed by atoms with van der Waals surface area (Å²) in [7, 11) is 4.49. The fourth-order valence-corrected chi connectivity index (χ4v) is 2.39. The van der Waals surface area contributed by atoms with Crippen molar-refractivity contribution in [2.75, 3.05) is 25.6 Å². The molecule has 1 unspecified atom stereocenters. The van der Waals surface area contributed by atoms with Crippen molar-refractivity contribution in [3.63, 3.8) is 0 Å². The zero-order valence-electron chi connectivity index (χ0n) is 5.61. The summed E-state index contributed by atoms with van der Waals surface area (Å²) in [6, 6.07) is 0.944. The fourth-order valence-electron chi connectivity index (χ4n) is 0.990. The second-order valence-corrected chi connectivity index (χ2v) is 3.79. The molecule has 1 heterocycles. The maximum absolute atomic E-state index is 2.25. The van der Waals surface area contributed by atoms with E-state index < -0.39 is 0 Å². The molecule has 0 aromatic heterocycles. The van der Waals surface area contributed by atoms with E-state index in [1.807, 2.05) is 0 Å². The van der Waals surface area contributed by atoms with Crippen molar-refractivity contribution in [3.8, 4) is 0 Å². The molecule has 0 aromatic rings. The Labute approximate surface area is 55.4 Å². The molecule has 0 spiro atoms. The van der Waals surface area contributed by atoms with Gasteiger partial charge >= 0.3 is 0 Å². The summed E-state index contributed by atoms with van der Waals surface area (Å²) in [5.74, 6) is 2.76. The molecule has 8 heavy (non-hydrogen) atoms. The van der Waals surface area contributed by atoms with Gasteiger partial charge in [-0.25, -0.2) is 0 Å². The second kappa shape index (κ2) is 2.74. The second-order valence-electron chi connectivity index (χ2n) is 2.64. The van der Waals surface area contributed by atoms with Gasteiger partial charge in [0.1, 0.15) is 0 Å². The lowest BCUT2D eigenvalue weighted by atomic mass is 10.2. The fraction of sp³-hybridized carbons (Fsp3) is 1.00. The summed E-state index contributed by atoms with van der Waals surface area (Å²) in [6.45, 7) is 0. The van der Waals surface area contributed by atoms with Crippen LogP contribution in [0.2, 0.25) is 0 Å². The number of hydrogen-bond acceptors (Lipinski definition) is 1. The molecular weight excluding hydrogens is 118 g/mol. The molecule has 0 aliphatic carbocycles. The first-order valence-corrected chi connectivity index (χ1v) is 4.34. The minimum atomic E-state index is 0.944. The standard InChI is InChI=1S/C6H13NS/c1-7(2)6-3-4-8-5-6/h6H,3-5H2,1-2H3/p+1. The van der Waals surface area contributed by atoms with E-state index >= 15 is 0 Å². The van der Waals surface area contributed by atoms with E-state index in [0.29, 0.717) is 0 Å². The summed E-state index contributed by atoms with van der Waals surface area (Å²) >= 11 is 2.09. The van der Waals surface area contributed by atoms with Gasteiger partial charge in [-0.3, -0.25) is 0 Å². The minimum absolute atomic E-state index is 0.944. The van der Waals surface area contributed by atoms with Crippen LogP contribution < -0.4 is 4.90 Å². The number of thioether (sulfide) groups is 1. The molecule has 0 amide bonds. The maximum atomic E-state index is 2.25. The molecule has 48 valence electrons. The highest BCUT2D eigenvalue weighted by atomic mass is 32.2. The third kappa shape index (κ3) is 1.39. The van der Waals surface area contributed by atoms with Gasteiger partial charge in [-0.1, -0.05) is 0 Å². The third-order valence-electron chi connectivity index (χ3n) is 1.75. The SMILES string of the molecule is C[NH+](C)C1CCSC1. The number of nitrogens with one attached hydrogen (secondary N) is 1. The van der Waals surface area contributed by atoms with Gasteiger partial charge < -0.3 is 4.90 Å². The first-order chi connectivity index (χ1) is 3.80. The van der Waals surface area contributed by atoms with E-state index in [1.165, 1.54) is 17.9 Å². The van der Waals surface area contributed by atoms with E-state index in [4.69, 9.17) is 0 Å². The van der Waals surface area contributed by atoms with Crippen LogP contribution in [-0.2, 0) is 0 Å². The predicted octanol–water partition coefficient (Wildman–Crippen LogP) is -0.364. The topological polar surface area (TPSA) is 4.44 Å². The Hall–Kier alpha value is 0.310. The zero-order chi connectivity index (χ0) is 5.98. The summed E-state index contributed by atoms with van der Waals surface area (Å²) in [5.41, 5.74) is 0. The highest BCUT2D eigenvalue weighted by Gasteiger charge is 2.19. The van der Waals surface area contributed by atoms with Crippen LogP contribution in [0.25, 0.3) is 0 Å². The van der Waals surface area contributed by atoms with E-state index in [-0.39, 0.29) is 0 Å². The summed E-state index contributed by atoms with van der Waals surface area (Å²) in [4.78, 5) is 1.62.